The molecule has 0 atom stereocenters. The van der Waals surface area contributed by atoms with Crippen molar-refractivity contribution in [1.82, 2.24) is 4.57 Å². The molecule has 0 saturated carbocycles. The molecule has 106 valence electrons. The second-order valence-corrected chi connectivity index (χ2v) is 4.54. The minimum atomic E-state index is -0.277. The molecule has 0 unspecified atom stereocenters. The number of nitrogens with zero attached hydrogens (tertiary/aromatic N) is 1. The molecule has 2 rings (SSSR count). The van der Waals surface area contributed by atoms with Gasteiger partial charge in [0, 0.05) is 18.4 Å². The number of hydrogen-bond donors (Lipinski definition) is 0. The highest BCUT2D eigenvalue weighted by Crippen LogP contribution is 2.26. The number of aromatic nitrogens is 1. The molecular weight excluding hydrogens is 254 g/mol. The van der Waals surface area contributed by atoms with Crippen LogP contribution in [0.5, 0.6) is 5.75 Å². The summed E-state index contributed by atoms with van der Waals surface area (Å²) in [6.45, 7) is 4.10. The third kappa shape index (κ3) is 2.54. The Balaban J connectivity index is 2.41. The van der Waals surface area contributed by atoms with Crippen LogP contribution in [0.15, 0.2) is 30.3 Å². The fraction of sp³-hybridized carbons (Fsp3) is 0.312. The number of ether oxygens (including phenoxy) is 2. The summed E-state index contributed by atoms with van der Waals surface area (Å²) in [7, 11) is 3.58. The molecule has 1 aromatic carbocycles. The molecule has 4 nitrogen and oxygen atoms in total. The zero-order valence-corrected chi connectivity index (χ0v) is 12.3. The summed E-state index contributed by atoms with van der Waals surface area (Å²) in [4.78, 5) is 11.9. The van der Waals surface area contributed by atoms with E-state index >= 15 is 0 Å². The molecule has 20 heavy (non-hydrogen) atoms. The van der Waals surface area contributed by atoms with Gasteiger partial charge in [-0.1, -0.05) is 0 Å². The summed E-state index contributed by atoms with van der Waals surface area (Å²) in [5, 5.41) is 0. The molecule has 0 radical (unpaired) electrons. The van der Waals surface area contributed by atoms with E-state index in [1.807, 2.05) is 48.9 Å². The number of carbonyl (C=O) groups excluding carboxylic acids is 1. The van der Waals surface area contributed by atoms with Crippen molar-refractivity contribution in [1.29, 1.82) is 0 Å². The molecule has 1 heterocycles. The third-order valence-corrected chi connectivity index (χ3v) is 3.42. The maximum absolute atomic E-state index is 11.9. The molecule has 0 saturated heterocycles. The standard InChI is InChI=1S/C16H19NO3/c1-5-20-16(18)14-10-15(17(3)11(14)2)12-6-8-13(19-4)9-7-12/h6-10H,5H2,1-4H3. The molecule has 0 N–H and O–H groups in total. The van der Waals surface area contributed by atoms with Crippen molar-refractivity contribution in [2.75, 3.05) is 13.7 Å². The Morgan fingerprint density at radius 1 is 1.25 bits per heavy atom. The highest BCUT2D eigenvalue weighted by Gasteiger charge is 2.17. The van der Waals surface area contributed by atoms with Gasteiger partial charge in [-0.25, -0.2) is 4.79 Å². The fourth-order valence-electron chi connectivity index (χ4n) is 2.15. The van der Waals surface area contributed by atoms with Crippen LogP contribution in [-0.2, 0) is 11.8 Å². The molecule has 0 bridgehead atoms. The first-order chi connectivity index (χ1) is 9.58. The van der Waals surface area contributed by atoms with Crippen molar-refractivity contribution in [3.8, 4) is 17.0 Å². The largest absolute Gasteiger partial charge is 0.497 e. The maximum Gasteiger partial charge on any atom is 0.339 e. The lowest BCUT2D eigenvalue weighted by Crippen LogP contribution is -2.06. The Morgan fingerprint density at radius 2 is 1.90 bits per heavy atom. The van der Waals surface area contributed by atoms with Crippen LogP contribution in [0.1, 0.15) is 23.0 Å². The van der Waals surface area contributed by atoms with Crippen molar-refractivity contribution >= 4 is 5.97 Å². The normalized spacial score (nSPS) is 10.4. The van der Waals surface area contributed by atoms with Gasteiger partial charge in [0.05, 0.1) is 19.3 Å². The highest BCUT2D eigenvalue weighted by molar-refractivity contribution is 5.92. The first-order valence-corrected chi connectivity index (χ1v) is 6.56. The number of methoxy groups -OCH3 is 1. The van der Waals surface area contributed by atoms with Crippen molar-refractivity contribution < 1.29 is 14.3 Å². The Bertz CT molecular complexity index is 611. The van der Waals surface area contributed by atoms with Crippen molar-refractivity contribution in [3.05, 3.63) is 41.6 Å². The Labute approximate surface area is 118 Å². The van der Waals surface area contributed by atoms with Crippen LogP contribution in [0.25, 0.3) is 11.3 Å². The van der Waals surface area contributed by atoms with Gasteiger partial charge in [-0.3, -0.25) is 0 Å². The van der Waals surface area contributed by atoms with Crippen LogP contribution in [0.4, 0.5) is 0 Å². The summed E-state index contributed by atoms with van der Waals surface area (Å²) in [5.41, 5.74) is 3.52. The summed E-state index contributed by atoms with van der Waals surface area (Å²) in [6, 6.07) is 9.63. The van der Waals surface area contributed by atoms with Crippen molar-refractivity contribution in [2.24, 2.45) is 7.05 Å². The zero-order valence-electron chi connectivity index (χ0n) is 12.3. The van der Waals surface area contributed by atoms with Gasteiger partial charge in [-0.2, -0.15) is 0 Å². The summed E-state index contributed by atoms with van der Waals surface area (Å²) in [5.74, 6) is 0.533. The molecule has 0 aliphatic carbocycles. The zero-order chi connectivity index (χ0) is 14.7. The number of hydrogen-bond acceptors (Lipinski definition) is 3. The second kappa shape index (κ2) is 5.82. The summed E-state index contributed by atoms with van der Waals surface area (Å²) >= 11 is 0. The van der Waals surface area contributed by atoms with E-state index in [1.54, 1.807) is 14.0 Å². The molecule has 0 amide bonds. The summed E-state index contributed by atoms with van der Waals surface area (Å²) in [6.07, 6.45) is 0. The number of benzene rings is 1. The molecule has 0 aliphatic rings. The average Bonchev–Trinajstić information content (AvgIpc) is 2.76. The molecule has 2 aromatic rings. The molecule has 1 aromatic heterocycles. The Kier molecular flexibility index (Phi) is 4.13. The molecule has 4 heteroatoms. The van der Waals surface area contributed by atoms with E-state index in [1.165, 1.54) is 0 Å². The predicted molar refractivity (Wildman–Crippen MR) is 78.1 cm³/mol. The van der Waals surface area contributed by atoms with Crippen molar-refractivity contribution in [2.45, 2.75) is 13.8 Å². The predicted octanol–water partition coefficient (Wildman–Crippen LogP) is 3.19. The molecule has 0 fully saturated rings. The van der Waals surface area contributed by atoms with Crippen molar-refractivity contribution in [3.63, 3.8) is 0 Å². The van der Waals surface area contributed by atoms with Gasteiger partial charge in [-0.15, -0.1) is 0 Å². The second-order valence-electron chi connectivity index (χ2n) is 4.54. The van der Waals surface area contributed by atoms with Crippen LogP contribution < -0.4 is 4.74 Å². The van der Waals surface area contributed by atoms with Crippen LogP contribution in [-0.4, -0.2) is 24.3 Å². The fourth-order valence-corrected chi connectivity index (χ4v) is 2.15. The van der Waals surface area contributed by atoms with E-state index in [-0.39, 0.29) is 5.97 Å². The Hall–Kier alpha value is -2.23. The van der Waals surface area contributed by atoms with E-state index in [9.17, 15) is 4.79 Å². The maximum atomic E-state index is 11.9. The van der Waals surface area contributed by atoms with Gasteiger partial charge < -0.3 is 14.0 Å². The lowest BCUT2D eigenvalue weighted by molar-refractivity contribution is 0.0525. The van der Waals surface area contributed by atoms with Crippen LogP contribution in [0.3, 0.4) is 0 Å². The van der Waals surface area contributed by atoms with Gasteiger partial charge in [0.1, 0.15) is 5.75 Å². The SMILES string of the molecule is CCOC(=O)c1cc(-c2ccc(OC)cc2)n(C)c1C. The van der Waals surface area contributed by atoms with E-state index in [0.717, 1.165) is 22.7 Å². The van der Waals surface area contributed by atoms with E-state index in [0.29, 0.717) is 12.2 Å². The van der Waals surface area contributed by atoms with Gasteiger partial charge in [-0.05, 0) is 49.7 Å². The first-order valence-electron chi connectivity index (χ1n) is 6.56. The quantitative estimate of drug-likeness (QED) is 0.803. The van der Waals surface area contributed by atoms with Gasteiger partial charge in [0.2, 0.25) is 0 Å². The van der Waals surface area contributed by atoms with E-state index in [2.05, 4.69) is 0 Å². The Morgan fingerprint density at radius 3 is 2.45 bits per heavy atom. The minimum Gasteiger partial charge on any atom is -0.497 e. The molecule has 0 aliphatic heterocycles. The summed E-state index contributed by atoms with van der Waals surface area (Å²) < 4.78 is 12.2. The molecular formula is C16H19NO3. The lowest BCUT2D eigenvalue weighted by atomic mass is 10.1. The minimum absolute atomic E-state index is 0.277. The number of rotatable bonds is 4. The van der Waals surface area contributed by atoms with Gasteiger partial charge in [0.15, 0.2) is 0 Å². The van der Waals surface area contributed by atoms with Crippen LogP contribution >= 0.6 is 0 Å². The highest BCUT2D eigenvalue weighted by atomic mass is 16.5. The van der Waals surface area contributed by atoms with E-state index in [4.69, 9.17) is 9.47 Å². The van der Waals surface area contributed by atoms with Crippen LogP contribution in [0, 0.1) is 6.92 Å². The average molecular weight is 273 g/mol. The topological polar surface area (TPSA) is 40.5 Å². The monoisotopic (exact) mass is 273 g/mol. The number of esters is 1. The smallest absolute Gasteiger partial charge is 0.339 e. The third-order valence-electron chi connectivity index (χ3n) is 3.42. The van der Waals surface area contributed by atoms with Gasteiger partial charge in [0.25, 0.3) is 0 Å². The first kappa shape index (κ1) is 14.2. The number of carbonyl (C=O) groups is 1. The molecule has 0 spiro atoms. The van der Waals surface area contributed by atoms with Gasteiger partial charge >= 0.3 is 5.97 Å². The van der Waals surface area contributed by atoms with Crippen LogP contribution in [0.2, 0.25) is 0 Å². The van der Waals surface area contributed by atoms with E-state index < -0.39 is 0 Å². The lowest BCUT2D eigenvalue weighted by Gasteiger charge is -2.06.